The van der Waals surface area contributed by atoms with E-state index in [0.29, 0.717) is 30.4 Å². The van der Waals surface area contributed by atoms with Gasteiger partial charge in [0.15, 0.2) is 5.82 Å². The number of anilines is 1. The Kier molecular flexibility index (Phi) is 4.66. The first-order chi connectivity index (χ1) is 11.1. The molecule has 1 atom stereocenters. The fourth-order valence-corrected chi connectivity index (χ4v) is 2.97. The number of nitrogens with one attached hydrogen (secondary N) is 2. The number of aromatic amines is 1. The largest absolute Gasteiger partial charge is 0.438 e. The molecule has 1 unspecified atom stereocenters. The van der Waals surface area contributed by atoms with E-state index in [1.807, 2.05) is 24.3 Å². The summed E-state index contributed by atoms with van der Waals surface area (Å²) >= 11 is 6.20. The maximum absolute atomic E-state index is 12.2. The molecule has 122 valence electrons. The van der Waals surface area contributed by atoms with Crippen LogP contribution in [0.3, 0.4) is 0 Å². The predicted octanol–water partition coefficient (Wildman–Crippen LogP) is 1.20. The number of amides is 1. The average molecular weight is 337 g/mol. The standard InChI is InChI=1S/C15H17ClN4O3/c16-11-3-1-2-4-12(11)20-8-6-10(9-20)14(21)17-7-5-13-18-15(22)23-19-13/h1-4,10H,5-9H2,(H,17,21)(H,18,19,22). The van der Waals surface area contributed by atoms with E-state index in [-0.39, 0.29) is 11.8 Å². The van der Waals surface area contributed by atoms with Gasteiger partial charge < -0.3 is 10.2 Å². The van der Waals surface area contributed by atoms with Gasteiger partial charge in [-0.1, -0.05) is 28.9 Å². The zero-order chi connectivity index (χ0) is 16.2. The van der Waals surface area contributed by atoms with Gasteiger partial charge in [0, 0.05) is 26.1 Å². The van der Waals surface area contributed by atoms with Gasteiger partial charge in [-0.3, -0.25) is 14.3 Å². The maximum atomic E-state index is 12.2. The van der Waals surface area contributed by atoms with E-state index in [1.165, 1.54) is 0 Å². The van der Waals surface area contributed by atoms with Crippen LogP contribution in [0.1, 0.15) is 12.2 Å². The lowest BCUT2D eigenvalue weighted by Gasteiger charge is -2.19. The second-order valence-electron chi connectivity index (χ2n) is 5.47. The number of carbonyl (C=O) groups is 1. The SMILES string of the molecule is O=C(NCCc1noc(=O)[nH]1)C1CCN(c2ccccc2Cl)C1. The van der Waals surface area contributed by atoms with Crippen LogP contribution in [-0.2, 0) is 11.2 Å². The van der Waals surface area contributed by atoms with E-state index in [2.05, 4.69) is 24.9 Å². The first-order valence-electron chi connectivity index (χ1n) is 7.45. The molecule has 1 aromatic carbocycles. The summed E-state index contributed by atoms with van der Waals surface area (Å²) in [6, 6.07) is 7.64. The van der Waals surface area contributed by atoms with Crippen LogP contribution in [-0.4, -0.2) is 35.7 Å². The minimum absolute atomic E-state index is 0.00500. The van der Waals surface area contributed by atoms with E-state index < -0.39 is 5.76 Å². The molecule has 1 amide bonds. The molecular weight excluding hydrogens is 320 g/mol. The Balaban J connectivity index is 1.49. The highest BCUT2D eigenvalue weighted by atomic mass is 35.5. The summed E-state index contributed by atoms with van der Waals surface area (Å²) in [5.74, 6) is -0.218. The molecule has 0 aliphatic carbocycles. The van der Waals surface area contributed by atoms with Crippen LogP contribution in [0, 0.1) is 5.92 Å². The Hall–Kier alpha value is -2.28. The van der Waals surface area contributed by atoms with Crippen LogP contribution in [0.15, 0.2) is 33.6 Å². The Bertz CT molecular complexity index is 742. The lowest BCUT2D eigenvalue weighted by atomic mass is 10.1. The summed E-state index contributed by atoms with van der Waals surface area (Å²) in [7, 11) is 0. The summed E-state index contributed by atoms with van der Waals surface area (Å²) in [6.07, 6.45) is 1.22. The van der Waals surface area contributed by atoms with Gasteiger partial charge in [0.2, 0.25) is 5.91 Å². The smallest absolute Gasteiger partial charge is 0.370 e. The number of nitrogens with zero attached hydrogens (tertiary/aromatic N) is 2. The Morgan fingerprint density at radius 1 is 1.48 bits per heavy atom. The van der Waals surface area contributed by atoms with E-state index in [4.69, 9.17) is 11.6 Å². The minimum Gasteiger partial charge on any atom is -0.370 e. The predicted molar refractivity (Wildman–Crippen MR) is 85.6 cm³/mol. The highest BCUT2D eigenvalue weighted by Crippen LogP contribution is 2.30. The highest BCUT2D eigenvalue weighted by Gasteiger charge is 2.29. The number of rotatable bonds is 5. The molecule has 2 heterocycles. The van der Waals surface area contributed by atoms with Gasteiger partial charge in [0.05, 0.1) is 16.6 Å². The average Bonchev–Trinajstić information content (AvgIpc) is 3.17. The van der Waals surface area contributed by atoms with Crippen LogP contribution >= 0.6 is 11.6 Å². The van der Waals surface area contributed by atoms with Gasteiger partial charge in [-0.2, -0.15) is 0 Å². The zero-order valence-electron chi connectivity index (χ0n) is 12.4. The molecule has 1 fully saturated rings. The fraction of sp³-hybridized carbons (Fsp3) is 0.400. The summed E-state index contributed by atoms with van der Waals surface area (Å²) in [5, 5.41) is 7.12. The molecule has 2 aromatic rings. The molecule has 0 bridgehead atoms. The van der Waals surface area contributed by atoms with Crippen molar-refractivity contribution >= 4 is 23.2 Å². The minimum atomic E-state index is -0.586. The van der Waals surface area contributed by atoms with Crippen molar-refractivity contribution in [2.45, 2.75) is 12.8 Å². The summed E-state index contributed by atoms with van der Waals surface area (Å²) in [6.45, 7) is 1.86. The van der Waals surface area contributed by atoms with Crippen molar-refractivity contribution in [3.05, 3.63) is 45.7 Å². The molecule has 1 saturated heterocycles. The second-order valence-corrected chi connectivity index (χ2v) is 5.87. The first kappa shape index (κ1) is 15.6. The van der Waals surface area contributed by atoms with Crippen molar-refractivity contribution in [3.63, 3.8) is 0 Å². The lowest BCUT2D eigenvalue weighted by Crippen LogP contribution is -2.34. The van der Waals surface area contributed by atoms with Crippen LogP contribution in [0.5, 0.6) is 0 Å². The van der Waals surface area contributed by atoms with Crippen molar-refractivity contribution in [1.29, 1.82) is 0 Å². The third-order valence-corrected chi connectivity index (χ3v) is 4.22. The van der Waals surface area contributed by atoms with Gasteiger partial charge >= 0.3 is 5.76 Å². The van der Waals surface area contributed by atoms with E-state index in [1.54, 1.807) is 0 Å². The molecule has 1 aliphatic rings. The molecule has 2 N–H and O–H groups in total. The molecule has 7 nitrogen and oxygen atoms in total. The number of halogens is 1. The lowest BCUT2D eigenvalue weighted by molar-refractivity contribution is -0.124. The van der Waals surface area contributed by atoms with Crippen LogP contribution < -0.4 is 16.0 Å². The van der Waals surface area contributed by atoms with E-state index >= 15 is 0 Å². The quantitative estimate of drug-likeness (QED) is 0.856. The van der Waals surface area contributed by atoms with Gasteiger partial charge in [-0.25, -0.2) is 4.79 Å². The van der Waals surface area contributed by atoms with Gasteiger partial charge in [-0.05, 0) is 18.6 Å². The number of hydrogen-bond donors (Lipinski definition) is 2. The van der Waals surface area contributed by atoms with Gasteiger partial charge in [-0.15, -0.1) is 0 Å². The van der Waals surface area contributed by atoms with Gasteiger partial charge in [0.1, 0.15) is 0 Å². The van der Waals surface area contributed by atoms with Crippen molar-refractivity contribution in [2.24, 2.45) is 5.92 Å². The molecule has 0 saturated carbocycles. The molecule has 0 spiro atoms. The van der Waals surface area contributed by atoms with E-state index in [0.717, 1.165) is 18.7 Å². The molecule has 8 heteroatoms. The fourth-order valence-electron chi connectivity index (χ4n) is 2.72. The third kappa shape index (κ3) is 3.73. The summed E-state index contributed by atoms with van der Waals surface area (Å²) in [4.78, 5) is 27.6. The maximum Gasteiger partial charge on any atom is 0.438 e. The van der Waals surface area contributed by atoms with Crippen molar-refractivity contribution in [2.75, 3.05) is 24.5 Å². The zero-order valence-corrected chi connectivity index (χ0v) is 13.2. The monoisotopic (exact) mass is 336 g/mol. The first-order valence-corrected chi connectivity index (χ1v) is 7.83. The Morgan fingerprint density at radius 2 is 2.30 bits per heavy atom. The normalized spacial score (nSPS) is 17.4. The van der Waals surface area contributed by atoms with Crippen molar-refractivity contribution in [1.82, 2.24) is 15.5 Å². The molecule has 0 radical (unpaired) electrons. The number of para-hydroxylation sites is 1. The highest BCUT2D eigenvalue weighted by molar-refractivity contribution is 6.33. The summed E-state index contributed by atoms with van der Waals surface area (Å²) in [5.41, 5.74) is 0.963. The number of carbonyl (C=O) groups excluding carboxylic acids is 1. The number of aromatic nitrogens is 2. The second kappa shape index (κ2) is 6.87. The summed E-state index contributed by atoms with van der Waals surface area (Å²) < 4.78 is 4.40. The van der Waals surface area contributed by atoms with Crippen LogP contribution in [0.2, 0.25) is 5.02 Å². The number of hydrogen-bond acceptors (Lipinski definition) is 5. The Morgan fingerprint density at radius 3 is 3.04 bits per heavy atom. The molecule has 23 heavy (non-hydrogen) atoms. The van der Waals surface area contributed by atoms with Crippen molar-refractivity contribution < 1.29 is 9.32 Å². The molecule has 1 aliphatic heterocycles. The third-order valence-electron chi connectivity index (χ3n) is 3.90. The van der Waals surface area contributed by atoms with Crippen molar-refractivity contribution in [3.8, 4) is 0 Å². The van der Waals surface area contributed by atoms with Gasteiger partial charge in [0.25, 0.3) is 0 Å². The molecule has 1 aromatic heterocycles. The molecular formula is C15H17ClN4O3. The van der Waals surface area contributed by atoms with Crippen LogP contribution in [0.25, 0.3) is 0 Å². The van der Waals surface area contributed by atoms with E-state index in [9.17, 15) is 9.59 Å². The topological polar surface area (TPSA) is 91.2 Å². The number of H-pyrrole nitrogens is 1. The number of benzene rings is 1. The Labute approximate surface area is 137 Å². The molecule has 3 rings (SSSR count). The van der Waals surface area contributed by atoms with Crippen LogP contribution in [0.4, 0.5) is 5.69 Å².